The number of imide groups is 1. The van der Waals surface area contributed by atoms with Gasteiger partial charge in [-0.3, -0.25) is 14.5 Å². The predicted octanol–water partition coefficient (Wildman–Crippen LogP) is 0.821. The summed E-state index contributed by atoms with van der Waals surface area (Å²) in [6, 6.07) is 3.63. The lowest BCUT2D eigenvalue weighted by Crippen LogP contribution is -2.33. The fourth-order valence-electron chi connectivity index (χ4n) is 1.81. The second-order valence-electron chi connectivity index (χ2n) is 3.87. The van der Waals surface area contributed by atoms with Crippen LogP contribution in [0.3, 0.4) is 0 Å². The minimum Gasteiger partial charge on any atom is -0.371 e. The molecule has 1 aromatic rings. The number of carbonyl (C=O) groups is 2. The summed E-state index contributed by atoms with van der Waals surface area (Å²) in [4.78, 5) is 24.7. The largest absolute Gasteiger partial charge is 0.371 e. The number of halogens is 1. The van der Waals surface area contributed by atoms with Gasteiger partial charge in [-0.05, 0) is 18.2 Å². The van der Waals surface area contributed by atoms with Crippen molar-refractivity contribution in [3.05, 3.63) is 35.1 Å². The number of epoxide rings is 1. The van der Waals surface area contributed by atoms with Gasteiger partial charge < -0.3 is 4.74 Å². The number of hydrogen-bond donors (Lipinski definition) is 0. The first-order chi connectivity index (χ1) is 7.66. The van der Waals surface area contributed by atoms with Gasteiger partial charge >= 0.3 is 0 Å². The third-order valence-corrected chi connectivity index (χ3v) is 2.72. The molecule has 4 nitrogen and oxygen atoms in total. The van der Waals surface area contributed by atoms with Crippen LogP contribution in [0.4, 0.5) is 4.39 Å². The van der Waals surface area contributed by atoms with E-state index in [4.69, 9.17) is 4.74 Å². The summed E-state index contributed by atoms with van der Waals surface area (Å²) in [5.74, 6) is -1.31. The van der Waals surface area contributed by atoms with Crippen LogP contribution in [0.5, 0.6) is 0 Å². The maximum Gasteiger partial charge on any atom is 0.261 e. The Balaban J connectivity index is 1.98. The lowest BCUT2D eigenvalue weighted by molar-refractivity contribution is 0.0642. The zero-order chi connectivity index (χ0) is 11.3. The summed E-state index contributed by atoms with van der Waals surface area (Å²) in [7, 11) is 0. The topological polar surface area (TPSA) is 49.9 Å². The Morgan fingerprint density at radius 3 is 2.69 bits per heavy atom. The molecule has 2 aliphatic rings. The minimum atomic E-state index is -0.510. The summed E-state index contributed by atoms with van der Waals surface area (Å²) >= 11 is 0. The van der Waals surface area contributed by atoms with E-state index in [1.165, 1.54) is 12.1 Å². The lowest BCUT2D eigenvalue weighted by Gasteiger charge is -2.10. The molecular formula is C11H8FNO3. The molecule has 0 N–H and O–H groups in total. The molecule has 1 fully saturated rings. The van der Waals surface area contributed by atoms with Crippen LogP contribution >= 0.6 is 0 Å². The fraction of sp³-hybridized carbons (Fsp3) is 0.273. The molecule has 16 heavy (non-hydrogen) atoms. The van der Waals surface area contributed by atoms with Crippen LogP contribution in [0.15, 0.2) is 18.2 Å². The molecule has 5 heteroatoms. The normalized spacial score (nSPS) is 22.6. The first-order valence-electron chi connectivity index (χ1n) is 4.94. The van der Waals surface area contributed by atoms with E-state index < -0.39 is 11.7 Å². The summed E-state index contributed by atoms with van der Waals surface area (Å²) in [5, 5.41) is 0. The molecule has 1 unspecified atom stereocenters. The smallest absolute Gasteiger partial charge is 0.261 e. The van der Waals surface area contributed by atoms with Gasteiger partial charge in [-0.15, -0.1) is 0 Å². The molecule has 0 spiro atoms. The number of rotatable bonds is 2. The molecule has 0 bridgehead atoms. The zero-order valence-electron chi connectivity index (χ0n) is 8.27. The first kappa shape index (κ1) is 9.47. The number of fused-ring (bicyclic) bond motifs is 1. The molecule has 0 radical (unpaired) electrons. The number of hydrogen-bond acceptors (Lipinski definition) is 3. The van der Waals surface area contributed by atoms with Crippen LogP contribution < -0.4 is 0 Å². The van der Waals surface area contributed by atoms with Crippen molar-refractivity contribution in [1.29, 1.82) is 0 Å². The number of amides is 2. The molecule has 3 rings (SSSR count). The highest BCUT2D eigenvalue weighted by Gasteiger charge is 2.39. The molecule has 1 atom stereocenters. The van der Waals surface area contributed by atoms with Crippen molar-refractivity contribution in [3.8, 4) is 0 Å². The van der Waals surface area contributed by atoms with E-state index in [0.29, 0.717) is 6.61 Å². The molecule has 1 aromatic carbocycles. The second kappa shape index (κ2) is 3.12. The van der Waals surface area contributed by atoms with Crippen molar-refractivity contribution >= 4 is 11.8 Å². The molecule has 1 saturated heterocycles. The van der Waals surface area contributed by atoms with Gasteiger partial charge in [0.05, 0.1) is 30.4 Å². The molecule has 0 aliphatic carbocycles. The third-order valence-electron chi connectivity index (χ3n) is 2.72. The van der Waals surface area contributed by atoms with Crippen molar-refractivity contribution in [2.75, 3.05) is 13.2 Å². The highest BCUT2D eigenvalue weighted by molar-refractivity contribution is 6.21. The van der Waals surface area contributed by atoms with Crippen molar-refractivity contribution < 1.29 is 18.7 Å². The average Bonchev–Trinajstić information content (AvgIpc) is 3.04. The van der Waals surface area contributed by atoms with Crippen molar-refractivity contribution in [1.82, 2.24) is 4.90 Å². The lowest BCUT2D eigenvalue weighted by atomic mass is 10.1. The Bertz CT molecular complexity index is 496. The number of benzene rings is 1. The summed E-state index contributed by atoms with van der Waals surface area (Å²) in [6.07, 6.45) is -0.0490. The summed E-state index contributed by atoms with van der Waals surface area (Å²) in [6.45, 7) is 0.829. The molecule has 0 saturated carbocycles. The molecule has 2 aliphatic heterocycles. The molecule has 2 heterocycles. The maximum absolute atomic E-state index is 13.0. The molecule has 0 aromatic heterocycles. The Hall–Kier alpha value is -1.75. The van der Waals surface area contributed by atoms with Gasteiger partial charge in [-0.25, -0.2) is 4.39 Å². The van der Waals surface area contributed by atoms with Gasteiger partial charge in [-0.2, -0.15) is 0 Å². The van der Waals surface area contributed by atoms with Gasteiger partial charge in [0.1, 0.15) is 5.82 Å². The third kappa shape index (κ3) is 1.32. The average molecular weight is 221 g/mol. The van der Waals surface area contributed by atoms with E-state index in [1.54, 1.807) is 0 Å². The van der Waals surface area contributed by atoms with Gasteiger partial charge in [0, 0.05) is 0 Å². The van der Waals surface area contributed by atoms with E-state index >= 15 is 0 Å². The van der Waals surface area contributed by atoms with E-state index in [0.717, 1.165) is 11.0 Å². The Labute approximate surface area is 90.6 Å². The van der Waals surface area contributed by atoms with Crippen LogP contribution in [0.1, 0.15) is 20.7 Å². The zero-order valence-corrected chi connectivity index (χ0v) is 8.27. The maximum atomic E-state index is 13.0. The SMILES string of the molecule is O=C1c2ccc(F)cc2C(=O)N1CC1CO1. The Kier molecular flexibility index (Phi) is 1.85. The molecular weight excluding hydrogens is 213 g/mol. The van der Waals surface area contributed by atoms with Crippen LogP contribution in [0, 0.1) is 5.82 Å². The summed E-state index contributed by atoms with van der Waals surface area (Å²) in [5.41, 5.74) is 0.415. The van der Waals surface area contributed by atoms with Crippen LogP contribution in [-0.2, 0) is 4.74 Å². The van der Waals surface area contributed by atoms with Crippen molar-refractivity contribution in [2.45, 2.75) is 6.10 Å². The van der Waals surface area contributed by atoms with Crippen molar-refractivity contribution in [2.24, 2.45) is 0 Å². The standard InChI is InChI=1S/C11H8FNO3/c12-6-1-2-8-9(3-6)11(15)13(10(8)14)4-7-5-16-7/h1-3,7H,4-5H2. The summed E-state index contributed by atoms with van der Waals surface area (Å²) < 4.78 is 17.9. The number of ether oxygens (including phenoxy) is 1. The Morgan fingerprint density at radius 1 is 1.31 bits per heavy atom. The van der Waals surface area contributed by atoms with Crippen LogP contribution in [0.2, 0.25) is 0 Å². The fourth-order valence-corrected chi connectivity index (χ4v) is 1.81. The highest BCUT2D eigenvalue weighted by atomic mass is 19.1. The van der Waals surface area contributed by atoms with E-state index in [2.05, 4.69) is 0 Å². The molecule has 82 valence electrons. The quantitative estimate of drug-likeness (QED) is 0.548. The van der Waals surface area contributed by atoms with Gasteiger partial charge in [0.15, 0.2) is 0 Å². The van der Waals surface area contributed by atoms with Crippen molar-refractivity contribution in [3.63, 3.8) is 0 Å². The van der Waals surface area contributed by atoms with Crippen LogP contribution in [0.25, 0.3) is 0 Å². The first-order valence-corrected chi connectivity index (χ1v) is 4.94. The van der Waals surface area contributed by atoms with Gasteiger partial charge in [0.25, 0.3) is 11.8 Å². The van der Waals surface area contributed by atoms with E-state index in [-0.39, 0.29) is 29.7 Å². The predicted molar refractivity (Wildman–Crippen MR) is 51.5 cm³/mol. The van der Waals surface area contributed by atoms with Crippen LogP contribution in [-0.4, -0.2) is 36.0 Å². The second-order valence-corrected chi connectivity index (χ2v) is 3.87. The van der Waals surface area contributed by atoms with Gasteiger partial charge in [-0.1, -0.05) is 0 Å². The number of carbonyl (C=O) groups excluding carboxylic acids is 2. The molecule has 2 amide bonds. The van der Waals surface area contributed by atoms with E-state index in [1.807, 2.05) is 0 Å². The van der Waals surface area contributed by atoms with Gasteiger partial charge in [0.2, 0.25) is 0 Å². The minimum absolute atomic E-state index is 0.0490. The number of nitrogens with zero attached hydrogens (tertiary/aromatic N) is 1. The van der Waals surface area contributed by atoms with E-state index in [9.17, 15) is 14.0 Å². The highest BCUT2D eigenvalue weighted by Crippen LogP contribution is 2.25. The monoisotopic (exact) mass is 221 g/mol. The Morgan fingerprint density at radius 2 is 2.00 bits per heavy atom.